The molecule has 1 aromatic carbocycles. The Morgan fingerprint density at radius 3 is 2.55 bits per heavy atom. The summed E-state index contributed by atoms with van der Waals surface area (Å²) in [7, 11) is 5.93. The first kappa shape index (κ1) is 29.3. The number of carbonyl (C=O) groups is 1. The number of aryl methyl sites for hydroxylation is 2. The Balaban J connectivity index is 1.60. The monoisotopic (exact) mass is 554 g/mol. The van der Waals surface area contributed by atoms with Gasteiger partial charge < -0.3 is 15.5 Å². The van der Waals surface area contributed by atoms with Crippen molar-refractivity contribution in [3.05, 3.63) is 65.8 Å². The fraction of sp³-hybridized carbons (Fsp3) is 0.433. The van der Waals surface area contributed by atoms with Gasteiger partial charge in [0.1, 0.15) is 0 Å². The van der Waals surface area contributed by atoms with E-state index in [2.05, 4.69) is 53.2 Å². The van der Waals surface area contributed by atoms with Gasteiger partial charge in [-0.3, -0.25) is 9.48 Å². The minimum Gasteiger partial charge on any atom is -0.382 e. The van der Waals surface area contributed by atoms with Gasteiger partial charge in [0.2, 0.25) is 0 Å². The lowest BCUT2D eigenvalue weighted by molar-refractivity contribution is -0.0688. The molecule has 0 spiro atoms. The minimum absolute atomic E-state index is 0.140. The van der Waals surface area contributed by atoms with Gasteiger partial charge in [0.15, 0.2) is 0 Å². The first-order valence-electron chi connectivity index (χ1n) is 13.4. The molecule has 2 heterocycles. The molecule has 7 nitrogen and oxygen atoms in total. The second kappa shape index (κ2) is 11.4. The molecule has 2 aromatic heterocycles. The highest BCUT2D eigenvalue weighted by Gasteiger charge is 2.36. The number of fused-ring (bicyclic) bond motifs is 1. The summed E-state index contributed by atoms with van der Waals surface area (Å²) in [5.74, 6) is -0.280. The molecule has 4 rings (SSSR count). The number of halogens is 3. The molecule has 2 N–H and O–H groups in total. The molecule has 214 valence electrons. The molecule has 0 bridgehead atoms. The number of rotatable bonds is 8. The number of benzene rings is 1. The normalized spacial score (nSPS) is 19.9. The third kappa shape index (κ3) is 6.38. The highest BCUT2D eigenvalue weighted by molar-refractivity contribution is 6.01. The van der Waals surface area contributed by atoms with Crippen molar-refractivity contribution in [3.63, 3.8) is 0 Å². The van der Waals surface area contributed by atoms with Crippen molar-refractivity contribution in [3.8, 4) is 0 Å². The van der Waals surface area contributed by atoms with Gasteiger partial charge in [-0.25, -0.2) is 4.98 Å². The second-order valence-electron chi connectivity index (χ2n) is 11.0. The standard InChI is InChI=1S/C30H37F3N6O/c1-19(30(31,32)33)27-23-10-7-11-26(35-21-12-14-29(3,15-13-21)38(4)5)24(23)17-22(36-27)9-8-16-34-28(40)25-18-39(6)37-20(25)2/h7-11,17-18,21,35H,1,12-16H2,2-6H3,(H,34,40)/b9-8+. The van der Waals surface area contributed by atoms with E-state index in [-0.39, 0.29) is 29.7 Å². The number of allylic oxidation sites excluding steroid dienone is 1. The van der Waals surface area contributed by atoms with E-state index >= 15 is 0 Å². The molecule has 0 radical (unpaired) electrons. The number of pyridine rings is 1. The summed E-state index contributed by atoms with van der Waals surface area (Å²) < 4.78 is 42.9. The van der Waals surface area contributed by atoms with E-state index in [1.807, 2.05) is 6.07 Å². The number of nitrogens with zero attached hydrogens (tertiary/aromatic N) is 4. The number of aromatic nitrogens is 3. The highest BCUT2D eigenvalue weighted by atomic mass is 19.4. The summed E-state index contributed by atoms with van der Waals surface area (Å²) in [4.78, 5) is 19.1. The van der Waals surface area contributed by atoms with Crippen LogP contribution in [0.1, 0.15) is 60.0 Å². The van der Waals surface area contributed by atoms with E-state index < -0.39 is 11.7 Å². The Morgan fingerprint density at radius 1 is 1.25 bits per heavy atom. The largest absolute Gasteiger partial charge is 0.417 e. The van der Waals surface area contributed by atoms with Crippen LogP contribution in [0.15, 0.2) is 43.1 Å². The quantitative estimate of drug-likeness (QED) is 0.359. The highest BCUT2D eigenvalue weighted by Crippen LogP contribution is 2.38. The zero-order chi connectivity index (χ0) is 29.2. The summed E-state index contributed by atoms with van der Waals surface area (Å²) >= 11 is 0. The van der Waals surface area contributed by atoms with E-state index in [1.165, 1.54) is 0 Å². The van der Waals surface area contributed by atoms with E-state index in [9.17, 15) is 18.0 Å². The molecule has 1 fully saturated rings. The first-order valence-corrected chi connectivity index (χ1v) is 13.4. The number of hydrogen-bond donors (Lipinski definition) is 2. The lowest BCUT2D eigenvalue weighted by Crippen LogP contribution is -2.46. The maximum atomic E-state index is 13.8. The molecule has 0 unspecified atom stereocenters. The van der Waals surface area contributed by atoms with Crippen molar-refractivity contribution < 1.29 is 18.0 Å². The average Bonchev–Trinajstić information content (AvgIpc) is 3.24. The Kier molecular flexibility index (Phi) is 8.39. The van der Waals surface area contributed by atoms with Crippen LogP contribution in [0, 0.1) is 6.92 Å². The van der Waals surface area contributed by atoms with Crippen LogP contribution >= 0.6 is 0 Å². The number of anilines is 1. The second-order valence-corrected chi connectivity index (χ2v) is 11.0. The topological polar surface area (TPSA) is 75.1 Å². The summed E-state index contributed by atoms with van der Waals surface area (Å²) in [6, 6.07) is 7.28. The molecule has 1 amide bonds. The van der Waals surface area contributed by atoms with Crippen molar-refractivity contribution in [2.75, 3.05) is 26.0 Å². The lowest BCUT2D eigenvalue weighted by Gasteiger charge is -2.42. The SMILES string of the molecule is C=C(c1nc(/C=C/CNC(=O)c2cn(C)nc2C)cc2c(NC3CCC(C)(N(C)C)CC3)cccc12)C(F)(F)F. The Hall–Kier alpha value is -3.66. The van der Waals surface area contributed by atoms with Crippen LogP contribution in [0.4, 0.5) is 18.9 Å². The van der Waals surface area contributed by atoms with Crippen LogP contribution in [0.3, 0.4) is 0 Å². The van der Waals surface area contributed by atoms with Gasteiger partial charge in [-0.05, 0) is 71.8 Å². The number of amides is 1. The van der Waals surface area contributed by atoms with Gasteiger partial charge in [0.05, 0.1) is 28.2 Å². The maximum Gasteiger partial charge on any atom is 0.417 e. The van der Waals surface area contributed by atoms with Gasteiger partial charge >= 0.3 is 6.18 Å². The van der Waals surface area contributed by atoms with Gasteiger partial charge in [-0.2, -0.15) is 18.3 Å². The fourth-order valence-corrected chi connectivity index (χ4v) is 5.17. The summed E-state index contributed by atoms with van der Waals surface area (Å²) in [5.41, 5.74) is 1.13. The molecule has 40 heavy (non-hydrogen) atoms. The van der Waals surface area contributed by atoms with Crippen molar-refractivity contribution in [1.82, 2.24) is 25.0 Å². The fourth-order valence-electron chi connectivity index (χ4n) is 5.17. The summed E-state index contributed by atoms with van der Waals surface area (Å²) in [6.45, 7) is 7.52. The molecular formula is C30H37F3N6O. The van der Waals surface area contributed by atoms with Gasteiger partial charge in [-0.15, -0.1) is 0 Å². The minimum atomic E-state index is -4.62. The van der Waals surface area contributed by atoms with E-state index in [0.29, 0.717) is 27.7 Å². The number of carbonyl (C=O) groups excluding carboxylic acids is 1. The Bertz CT molecular complexity index is 1430. The van der Waals surface area contributed by atoms with Crippen molar-refractivity contribution >= 4 is 34.0 Å². The Labute approximate surface area is 233 Å². The molecule has 1 aliphatic rings. The molecule has 10 heteroatoms. The van der Waals surface area contributed by atoms with Crippen LogP contribution in [0.5, 0.6) is 0 Å². The third-order valence-electron chi connectivity index (χ3n) is 7.95. The van der Waals surface area contributed by atoms with Crippen LogP contribution in [0.2, 0.25) is 0 Å². The van der Waals surface area contributed by atoms with Crippen LogP contribution in [-0.4, -0.2) is 64.0 Å². The Morgan fingerprint density at radius 2 is 1.95 bits per heavy atom. The molecule has 0 atom stereocenters. The lowest BCUT2D eigenvalue weighted by atomic mass is 9.80. The molecule has 3 aromatic rings. The van der Waals surface area contributed by atoms with Crippen molar-refractivity contribution in [2.45, 2.75) is 57.3 Å². The van der Waals surface area contributed by atoms with Crippen LogP contribution in [-0.2, 0) is 7.05 Å². The molecule has 1 aliphatic carbocycles. The number of nitrogens with one attached hydrogen (secondary N) is 2. The molecule has 1 saturated carbocycles. The summed E-state index contributed by atoms with van der Waals surface area (Å²) in [5, 5.41) is 11.6. The van der Waals surface area contributed by atoms with E-state index in [1.54, 1.807) is 55.2 Å². The smallest absolute Gasteiger partial charge is 0.382 e. The third-order valence-corrected chi connectivity index (χ3v) is 7.95. The van der Waals surface area contributed by atoms with E-state index in [4.69, 9.17) is 0 Å². The van der Waals surface area contributed by atoms with Crippen molar-refractivity contribution in [2.24, 2.45) is 7.05 Å². The zero-order valence-corrected chi connectivity index (χ0v) is 23.7. The molecular weight excluding hydrogens is 517 g/mol. The first-order chi connectivity index (χ1) is 18.8. The number of hydrogen-bond acceptors (Lipinski definition) is 5. The van der Waals surface area contributed by atoms with E-state index in [0.717, 1.165) is 31.4 Å². The van der Waals surface area contributed by atoms with Gasteiger partial charge in [-0.1, -0.05) is 24.8 Å². The van der Waals surface area contributed by atoms with Crippen LogP contribution < -0.4 is 10.6 Å². The number of alkyl halides is 3. The predicted molar refractivity (Wildman–Crippen MR) is 154 cm³/mol. The average molecular weight is 555 g/mol. The van der Waals surface area contributed by atoms with Gasteiger partial charge in [0, 0.05) is 47.8 Å². The summed E-state index contributed by atoms with van der Waals surface area (Å²) in [6.07, 6.45) is 4.26. The van der Waals surface area contributed by atoms with Crippen LogP contribution in [0.25, 0.3) is 22.4 Å². The van der Waals surface area contributed by atoms with Gasteiger partial charge in [0.25, 0.3) is 5.91 Å². The predicted octanol–water partition coefficient (Wildman–Crippen LogP) is 5.97. The zero-order valence-electron chi connectivity index (χ0n) is 23.7. The van der Waals surface area contributed by atoms with Crippen molar-refractivity contribution in [1.29, 1.82) is 0 Å². The molecule has 0 saturated heterocycles. The molecule has 0 aliphatic heterocycles. The maximum absolute atomic E-state index is 13.8.